The Hall–Kier alpha value is -3.71. The van der Waals surface area contributed by atoms with E-state index in [0.29, 0.717) is 42.7 Å². The third-order valence-electron chi connectivity index (χ3n) is 10.7. The zero-order valence-electron chi connectivity index (χ0n) is 30.2. The van der Waals surface area contributed by atoms with E-state index in [2.05, 4.69) is 40.0 Å². The van der Waals surface area contributed by atoms with Crippen LogP contribution in [0.15, 0.2) is 24.3 Å². The number of carbonyl (C=O) groups excluding carboxylic acids is 2. The maximum atomic E-state index is 17.0. The lowest BCUT2D eigenvalue weighted by Gasteiger charge is -2.34. The number of carboxylic acids is 1. The average Bonchev–Trinajstić information content (AvgIpc) is 3.66. The fourth-order valence-electron chi connectivity index (χ4n) is 7.79. The molecule has 6 rings (SSSR count). The molecule has 1 amide bonds. The number of benzene rings is 3. The minimum absolute atomic E-state index is 0.0114. The Balaban J connectivity index is 1.39. The van der Waals surface area contributed by atoms with Gasteiger partial charge in [-0.05, 0) is 69.8 Å². The third-order valence-corrected chi connectivity index (χ3v) is 14.4. The molecule has 52 heavy (non-hydrogen) atoms. The molecule has 3 aromatic rings. The lowest BCUT2D eigenvalue weighted by atomic mass is 9.87. The van der Waals surface area contributed by atoms with Gasteiger partial charge in [0, 0.05) is 67.5 Å². The van der Waals surface area contributed by atoms with Crippen LogP contribution < -0.4 is 40.8 Å². The zero-order chi connectivity index (χ0) is 37.3. The van der Waals surface area contributed by atoms with Crippen molar-refractivity contribution in [3.8, 4) is 0 Å². The van der Waals surface area contributed by atoms with Crippen LogP contribution in [0.2, 0.25) is 13.1 Å². The second-order valence-electron chi connectivity index (χ2n) is 14.3. The number of aromatic carboxylic acids is 1. The minimum Gasteiger partial charge on any atom is -0.545 e. The molecule has 0 atom stereocenters. The van der Waals surface area contributed by atoms with Crippen LogP contribution in [0, 0.1) is 17.5 Å². The molecule has 1 N–H and O–H groups in total. The van der Waals surface area contributed by atoms with Crippen LogP contribution >= 0.6 is 11.6 Å². The van der Waals surface area contributed by atoms with Crippen LogP contribution in [0.3, 0.4) is 0 Å². The van der Waals surface area contributed by atoms with Crippen molar-refractivity contribution in [2.45, 2.75) is 51.6 Å². The zero-order valence-corrected chi connectivity index (χ0v) is 31.9. The predicted molar refractivity (Wildman–Crippen MR) is 197 cm³/mol. The first kappa shape index (κ1) is 38.0. The van der Waals surface area contributed by atoms with Crippen LogP contribution in [-0.2, 0) is 22.3 Å². The van der Waals surface area contributed by atoms with Gasteiger partial charge in [0.25, 0.3) is 5.91 Å². The molecular weight excluding hydrogens is 711 g/mol. The molecule has 0 aliphatic carbocycles. The topological polar surface area (TPSA) is 93.9 Å². The SMILES string of the molecule is CN1CCc2cc3c(cc21)[Si](C)(C)c1cc2c(cc1=C3c1c(F)c(C(=O)NCCOCCOCCCCCCCl)c(F)c(F)c1C(=O)[O-])CC[N+]=2C. The molecule has 0 saturated carbocycles. The highest BCUT2D eigenvalue weighted by Gasteiger charge is 2.41. The molecule has 0 spiro atoms. The highest BCUT2D eigenvalue weighted by Crippen LogP contribution is 2.37. The normalized spacial score (nSPS) is 15.4. The summed E-state index contributed by atoms with van der Waals surface area (Å²) in [4.78, 5) is 28.2. The van der Waals surface area contributed by atoms with E-state index in [1.165, 1.54) is 0 Å². The van der Waals surface area contributed by atoms with Crippen molar-refractivity contribution in [2.75, 3.05) is 70.9 Å². The number of hydrogen-bond acceptors (Lipinski definition) is 6. The number of nitrogens with one attached hydrogen (secondary N) is 1. The van der Waals surface area contributed by atoms with Crippen LogP contribution in [0.25, 0.3) is 5.57 Å². The molecule has 278 valence electrons. The van der Waals surface area contributed by atoms with Gasteiger partial charge in [-0.1, -0.05) is 25.9 Å². The second kappa shape index (κ2) is 15.7. The standard InChI is InChI=1S/C39H45ClF3N3O5Si/c1-45-13-9-23-19-25-29(21-27(23)45)52(3,4)30-22-28-24(10-14-46(28)2)20-26(30)31(25)32-33(39(48)49)36(42)37(43)34(35(32)41)38(47)44-12-16-51-18-17-50-15-8-6-5-7-11-40/h19-22H,5-18H2,1-4H3,(H-,44,47,48,49). The summed E-state index contributed by atoms with van der Waals surface area (Å²) < 4.78 is 61.8. The van der Waals surface area contributed by atoms with E-state index >= 15 is 13.2 Å². The number of unbranched alkanes of at least 4 members (excludes halogenated alkanes) is 3. The number of carboxylic acid groups (broad SMARTS) is 1. The van der Waals surface area contributed by atoms with E-state index in [-0.39, 0.29) is 25.3 Å². The van der Waals surface area contributed by atoms with Crippen LogP contribution in [-0.4, -0.2) is 86.0 Å². The molecule has 3 aromatic carbocycles. The number of likely N-dealkylation sites (N-methyl/N-ethyl adjacent to an activating group) is 2. The van der Waals surface area contributed by atoms with Gasteiger partial charge in [0.1, 0.15) is 33.0 Å². The number of amides is 1. The highest BCUT2D eigenvalue weighted by molar-refractivity contribution is 7.01. The van der Waals surface area contributed by atoms with Crippen molar-refractivity contribution < 1.29 is 37.3 Å². The molecule has 13 heteroatoms. The van der Waals surface area contributed by atoms with Crippen molar-refractivity contribution in [1.29, 1.82) is 0 Å². The van der Waals surface area contributed by atoms with E-state index in [1.54, 1.807) is 0 Å². The summed E-state index contributed by atoms with van der Waals surface area (Å²) in [5.74, 6) is -7.86. The number of halogens is 4. The van der Waals surface area contributed by atoms with Gasteiger partial charge in [-0.25, -0.2) is 17.7 Å². The van der Waals surface area contributed by atoms with E-state index in [4.69, 9.17) is 21.1 Å². The summed E-state index contributed by atoms with van der Waals surface area (Å²) in [6, 6.07) is 8.04. The van der Waals surface area contributed by atoms with Gasteiger partial charge in [0.15, 0.2) is 11.6 Å². The third kappa shape index (κ3) is 7.02. The summed E-state index contributed by atoms with van der Waals surface area (Å²) >= 11 is 5.68. The van der Waals surface area contributed by atoms with Crippen LogP contribution in [0.5, 0.6) is 0 Å². The van der Waals surface area contributed by atoms with Gasteiger partial charge in [0.2, 0.25) is 5.36 Å². The fourth-order valence-corrected chi connectivity index (χ4v) is 11.0. The van der Waals surface area contributed by atoms with Crippen molar-refractivity contribution in [3.63, 3.8) is 0 Å². The first-order valence-corrected chi connectivity index (χ1v) is 21.5. The Morgan fingerprint density at radius 2 is 1.62 bits per heavy atom. The Bertz CT molecular complexity index is 2060. The molecule has 0 aromatic heterocycles. The molecule has 0 radical (unpaired) electrons. The number of fused-ring (bicyclic) bond motifs is 4. The summed E-state index contributed by atoms with van der Waals surface area (Å²) in [5, 5.41) is 18.5. The molecule has 0 unspecified atom stereocenters. The number of hydrogen-bond donors (Lipinski definition) is 1. The predicted octanol–water partition coefficient (Wildman–Crippen LogP) is 2.08. The number of anilines is 1. The summed E-state index contributed by atoms with van der Waals surface area (Å²) in [6.45, 7) is 6.95. The van der Waals surface area contributed by atoms with Crippen molar-refractivity contribution in [2.24, 2.45) is 0 Å². The molecule has 0 saturated heterocycles. The second-order valence-corrected chi connectivity index (χ2v) is 19.0. The Labute approximate surface area is 307 Å². The Morgan fingerprint density at radius 1 is 0.904 bits per heavy atom. The highest BCUT2D eigenvalue weighted by atomic mass is 35.5. The van der Waals surface area contributed by atoms with Crippen LogP contribution in [0.1, 0.15) is 68.7 Å². The number of carbonyl (C=O) groups is 2. The number of rotatable bonds is 15. The molecule has 3 aliphatic rings. The van der Waals surface area contributed by atoms with Gasteiger partial charge in [-0.15, -0.1) is 11.6 Å². The van der Waals surface area contributed by atoms with Crippen molar-refractivity contribution >= 4 is 53.2 Å². The largest absolute Gasteiger partial charge is 0.545 e. The van der Waals surface area contributed by atoms with E-state index < -0.39 is 54.1 Å². The molecule has 3 aliphatic heterocycles. The quantitative estimate of drug-likeness (QED) is 0.0841. The maximum absolute atomic E-state index is 17.0. The molecule has 3 heterocycles. The number of alkyl halides is 1. The molecule has 0 fully saturated rings. The molecule has 8 nitrogen and oxygen atoms in total. The lowest BCUT2D eigenvalue weighted by Crippen LogP contribution is -2.64. The van der Waals surface area contributed by atoms with E-state index in [9.17, 15) is 14.7 Å². The Kier molecular flexibility index (Phi) is 11.5. The van der Waals surface area contributed by atoms with Crippen molar-refractivity contribution in [1.82, 2.24) is 9.89 Å². The van der Waals surface area contributed by atoms with Crippen LogP contribution in [0.4, 0.5) is 18.9 Å². The Morgan fingerprint density at radius 3 is 2.35 bits per heavy atom. The molecule has 0 bridgehead atoms. The molecular formula is C39H45ClF3N3O5Si. The monoisotopic (exact) mass is 755 g/mol. The van der Waals surface area contributed by atoms with E-state index in [1.807, 2.05) is 26.2 Å². The number of nitrogens with zero attached hydrogens (tertiary/aromatic N) is 2. The van der Waals surface area contributed by atoms with Gasteiger partial charge in [-0.2, -0.15) is 0 Å². The average molecular weight is 756 g/mol. The van der Waals surface area contributed by atoms with E-state index in [0.717, 1.165) is 71.3 Å². The fraction of sp³-hybridized carbons (Fsp3) is 0.462. The van der Waals surface area contributed by atoms with Gasteiger partial charge in [-0.3, -0.25) is 4.79 Å². The maximum Gasteiger partial charge on any atom is 0.257 e. The summed E-state index contributed by atoms with van der Waals surface area (Å²) in [5.41, 5.74) is 0.538. The minimum atomic E-state index is -2.55. The van der Waals surface area contributed by atoms with Gasteiger partial charge >= 0.3 is 0 Å². The smallest absolute Gasteiger partial charge is 0.257 e. The lowest BCUT2D eigenvalue weighted by molar-refractivity contribution is -0.255. The number of ether oxygens (including phenoxy) is 2. The first-order chi connectivity index (χ1) is 24.9. The summed E-state index contributed by atoms with van der Waals surface area (Å²) in [6.07, 6.45) is 5.37. The summed E-state index contributed by atoms with van der Waals surface area (Å²) in [7, 11) is 1.44. The first-order valence-electron chi connectivity index (χ1n) is 17.9. The van der Waals surface area contributed by atoms with Crippen molar-refractivity contribution in [3.05, 3.63) is 85.7 Å². The van der Waals surface area contributed by atoms with Gasteiger partial charge < -0.3 is 29.6 Å². The van der Waals surface area contributed by atoms with Gasteiger partial charge in [0.05, 0.1) is 25.8 Å².